The minimum Gasteiger partial charge on any atom is -0.542 e. The Morgan fingerprint density at radius 3 is 2.07 bits per heavy atom. The Labute approximate surface area is 81.7 Å². The zero-order chi connectivity index (χ0) is 11.3. The lowest BCUT2D eigenvalue weighted by Gasteiger charge is -2.15. The molecule has 0 aliphatic carbocycles. The van der Waals surface area contributed by atoms with E-state index in [4.69, 9.17) is 5.11 Å². The molecule has 1 unspecified atom stereocenters. The fraction of sp³-hybridized carbons (Fsp3) is 0.667. The number of Topliss-reactive ketones (excluding diaryl/α,β-unsaturated/α-hetero) is 1. The third kappa shape index (κ3) is 4.59. The predicted molar refractivity (Wildman–Crippen MR) is 45.2 cm³/mol. The molecular formula is C9H13O5-. The number of aliphatic carboxylic acids is 2. The quantitative estimate of drug-likeness (QED) is 0.581. The molecule has 0 aromatic rings. The van der Waals surface area contributed by atoms with Crippen molar-refractivity contribution in [3.05, 3.63) is 0 Å². The Morgan fingerprint density at radius 1 is 1.29 bits per heavy atom. The average Bonchev–Trinajstić information content (AvgIpc) is 1.99. The summed E-state index contributed by atoms with van der Waals surface area (Å²) in [6.45, 7) is 3.58. The van der Waals surface area contributed by atoms with E-state index in [2.05, 4.69) is 0 Å². The van der Waals surface area contributed by atoms with Crippen LogP contribution in [-0.4, -0.2) is 22.8 Å². The largest absolute Gasteiger partial charge is 0.542 e. The standard InChI is InChI=1S/C9H14O5/c1-5(2)3-6(4-7(10)11)8(12)9(13)14/h5-6H,3-4H2,1-2H3,(H,10,11)(H,13,14)/p-1. The number of hydrogen-bond acceptors (Lipinski definition) is 4. The molecule has 0 spiro atoms. The molecule has 0 heterocycles. The number of carbonyl (C=O) groups is 3. The van der Waals surface area contributed by atoms with E-state index in [9.17, 15) is 19.5 Å². The highest BCUT2D eigenvalue weighted by molar-refractivity contribution is 6.32. The fourth-order valence-electron chi connectivity index (χ4n) is 1.23. The van der Waals surface area contributed by atoms with E-state index in [0.717, 1.165) is 0 Å². The van der Waals surface area contributed by atoms with Crippen LogP contribution in [0.15, 0.2) is 0 Å². The number of carboxylic acids is 2. The third-order valence-corrected chi connectivity index (χ3v) is 1.75. The highest BCUT2D eigenvalue weighted by Crippen LogP contribution is 2.16. The highest BCUT2D eigenvalue weighted by atomic mass is 16.4. The topological polar surface area (TPSA) is 94.5 Å². The second-order valence-electron chi connectivity index (χ2n) is 3.58. The second-order valence-corrected chi connectivity index (χ2v) is 3.58. The predicted octanol–water partition coefficient (Wildman–Crippen LogP) is -0.558. The SMILES string of the molecule is CC(C)CC(CC(=O)O)C(=O)C(=O)[O-]. The van der Waals surface area contributed by atoms with E-state index < -0.39 is 30.1 Å². The van der Waals surface area contributed by atoms with Gasteiger partial charge in [0.2, 0.25) is 0 Å². The number of carboxylic acid groups (broad SMARTS) is 2. The molecule has 0 rings (SSSR count). The van der Waals surface area contributed by atoms with E-state index in [0.29, 0.717) is 0 Å². The van der Waals surface area contributed by atoms with Crippen LogP contribution in [0.1, 0.15) is 26.7 Å². The van der Waals surface area contributed by atoms with Crippen LogP contribution < -0.4 is 5.11 Å². The molecule has 0 fully saturated rings. The molecule has 5 nitrogen and oxygen atoms in total. The molecule has 0 aliphatic rings. The van der Waals surface area contributed by atoms with Crippen LogP contribution in [-0.2, 0) is 14.4 Å². The van der Waals surface area contributed by atoms with E-state index >= 15 is 0 Å². The molecule has 0 bridgehead atoms. The molecule has 0 aromatic heterocycles. The first-order valence-corrected chi connectivity index (χ1v) is 4.31. The lowest BCUT2D eigenvalue weighted by molar-refractivity contribution is -0.300. The maximum absolute atomic E-state index is 11.0. The summed E-state index contributed by atoms with van der Waals surface area (Å²) in [5.41, 5.74) is 0. The Hall–Kier alpha value is -1.39. The fourth-order valence-corrected chi connectivity index (χ4v) is 1.23. The molecule has 0 radical (unpaired) electrons. The molecule has 0 aromatic carbocycles. The average molecular weight is 201 g/mol. The van der Waals surface area contributed by atoms with E-state index in [1.54, 1.807) is 13.8 Å². The first kappa shape index (κ1) is 12.6. The van der Waals surface area contributed by atoms with Crippen molar-refractivity contribution in [3.63, 3.8) is 0 Å². The van der Waals surface area contributed by atoms with Gasteiger partial charge in [0, 0.05) is 5.92 Å². The van der Waals surface area contributed by atoms with Crippen LogP contribution in [0.4, 0.5) is 0 Å². The van der Waals surface area contributed by atoms with Gasteiger partial charge in [0.1, 0.15) is 5.97 Å². The molecule has 14 heavy (non-hydrogen) atoms. The smallest absolute Gasteiger partial charge is 0.304 e. The Kier molecular flexibility index (Phi) is 4.83. The summed E-state index contributed by atoms with van der Waals surface area (Å²) in [6.07, 6.45) is -0.204. The van der Waals surface area contributed by atoms with Crippen molar-refractivity contribution in [1.29, 1.82) is 0 Å². The van der Waals surface area contributed by atoms with Crippen molar-refractivity contribution >= 4 is 17.7 Å². The zero-order valence-electron chi connectivity index (χ0n) is 8.15. The van der Waals surface area contributed by atoms with Crippen molar-refractivity contribution < 1.29 is 24.6 Å². The van der Waals surface area contributed by atoms with Crippen molar-refractivity contribution in [3.8, 4) is 0 Å². The van der Waals surface area contributed by atoms with Gasteiger partial charge in [-0.15, -0.1) is 0 Å². The van der Waals surface area contributed by atoms with Gasteiger partial charge < -0.3 is 15.0 Å². The van der Waals surface area contributed by atoms with Crippen LogP contribution in [0.5, 0.6) is 0 Å². The van der Waals surface area contributed by atoms with E-state index in [1.807, 2.05) is 0 Å². The summed E-state index contributed by atoms with van der Waals surface area (Å²) in [4.78, 5) is 31.6. The van der Waals surface area contributed by atoms with E-state index in [1.165, 1.54) is 0 Å². The summed E-state index contributed by atoms with van der Waals surface area (Å²) in [5.74, 6) is -5.01. The van der Waals surface area contributed by atoms with Gasteiger partial charge in [0.15, 0.2) is 5.78 Å². The van der Waals surface area contributed by atoms with Gasteiger partial charge in [0.05, 0.1) is 6.42 Å². The monoisotopic (exact) mass is 201 g/mol. The summed E-state index contributed by atoms with van der Waals surface area (Å²) >= 11 is 0. The van der Waals surface area contributed by atoms with Gasteiger partial charge in [-0.2, -0.15) is 0 Å². The van der Waals surface area contributed by atoms with Crippen LogP contribution in [0, 0.1) is 11.8 Å². The summed E-state index contributed by atoms with van der Waals surface area (Å²) in [5, 5.41) is 18.7. The molecule has 80 valence electrons. The van der Waals surface area contributed by atoms with Crippen molar-refractivity contribution in [2.45, 2.75) is 26.7 Å². The Balaban J connectivity index is 4.46. The number of ketones is 1. The highest BCUT2D eigenvalue weighted by Gasteiger charge is 2.23. The van der Waals surface area contributed by atoms with E-state index in [-0.39, 0.29) is 12.3 Å². The lowest BCUT2D eigenvalue weighted by atomic mass is 9.90. The van der Waals surface area contributed by atoms with Gasteiger partial charge in [-0.3, -0.25) is 9.59 Å². The minimum absolute atomic E-state index is 0.0719. The van der Waals surface area contributed by atoms with Crippen molar-refractivity contribution in [2.24, 2.45) is 11.8 Å². The molecule has 0 aliphatic heterocycles. The zero-order valence-corrected chi connectivity index (χ0v) is 8.15. The normalized spacial score (nSPS) is 12.5. The number of rotatable bonds is 6. The van der Waals surface area contributed by atoms with Crippen molar-refractivity contribution in [2.75, 3.05) is 0 Å². The summed E-state index contributed by atoms with van der Waals surface area (Å²) in [6, 6.07) is 0. The molecule has 0 saturated carbocycles. The van der Waals surface area contributed by atoms with Gasteiger partial charge in [-0.1, -0.05) is 13.8 Å². The molecule has 5 heteroatoms. The van der Waals surface area contributed by atoms with Gasteiger partial charge in [-0.25, -0.2) is 0 Å². The maximum Gasteiger partial charge on any atom is 0.304 e. The van der Waals surface area contributed by atoms with Crippen LogP contribution in [0.3, 0.4) is 0 Å². The summed E-state index contributed by atoms with van der Waals surface area (Å²) in [7, 11) is 0. The van der Waals surface area contributed by atoms with Crippen LogP contribution in [0.2, 0.25) is 0 Å². The molecule has 0 saturated heterocycles. The van der Waals surface area contributed by atoms with Gasteiger partial charge in [-0.05, 0) is 12.3 Å². The minimum atomic E-state index is -1.81. The van der Waals surface area contributed by atoms with Gasteiger partial charge >= 0.3 is 5.97 Å². The Bertz CT molecular complexity index is 244. The second kappa shape index (κ2) is 5.36. The van der Waals surface area contributed by atoms with Gasteiger partial charge in [0.25, 0.3) is 0 Å². The Morgan fingerprint density at radius 2 is 1.79 bits per heavy atom. The molecule has 1 atom stereocenters. The third-order valence-electron chi connectivity index (χ3n) is 1.75. The molecule has 1 N–H and O–H groups in total. The first-order valence-electron chi connectivity index (χ1n) is 4.31. The number of carbonyl (C=O) groups excluding carboxylic acids is 2. The van der Waals surface area contributed by atoms with Crippen molar-refractivity contribution in [1.82, 2.24) is 0 Å². The number of hydrogen-bond donors (Lipinski definition) is 1. The first-order chi connectivity index (χ1) is 6.34. The summed E-state index contributed by atoms with van der Waals surface area (Å²) < 4.78 is 0. The molecular weight excluding hydrogens is 188 g/mol. The van der Waals surface area contributed by atoms with Crippen LogP contribution >= 0.6 is 0 Å². The lowest BCUT2D eigenvalue weighted by Crippen LogP contribution is -2.37. The maximum atomic E-state index is 11.0. The van der Waals surface area contributed by atoms with Crippen LogP contribution in [0.25, 0.3) is 0 Å². The molecule has 0 amide bonds.